The number of hydrogen-bond donors (Lipinski definition) is 3. The first-order valence-electron chi connectivity index (χ1n) is 10.9. The number of nitrogens with zero attached hydrogens (tertiary/aromatic N) is 4. The monoisotopic (exact) mass is 513 g/mol. The molecule has 0 aromatic rings. The fourth-order valence-corrected chi connectivity index (χ4v) is 4.57. The van der Waals surface area contributed by atoms with Gasteiger partial charge in [-0.1, -0.05) is 12.7 Å². The van der Waals surface area contributed by atoms with Gasteiger partial charge in [0.1, 0.15) is 18.7 Å². The largest absolute Gasteiger partial charge is 0.504 e. The Bertz CT molecular complexity index is 1040. The van der Waals surface area contributed by atoms with Crippen LogP contribution in [-0.4, -0.2) is 84.8 Å². The fraction of sp³-hybridized carbons (Fsp3) is 0.600. The molecule has 0 aromatic heterocycles. The Kier molecular flexibility index (Phi) is 9.72. The second-order valence-electron chi connectivity index (χ2n) is 8.08. The molecule has 0 unspecified atom stereocenters. The van der Waals surface area contributed by atoms with E-state index in [1.807, 2.05) is 0 Å². The summed E-state index contributed by atoms with van der Waals surface area (Å²) in [7, 11) is -3.78. The van der Waals surface area contributed by atoms with Crippen LogP contribution in [0.5, 0.6) is 0 Å². The molecule has 3 amide bonds. The van der Waals surface area contributed by atoms with Gasteiger partial charge in [0.05, 0.1) is 12.3 Å². The van der Waals surface area contributed by atoms with Crippen LogP contribution in [0.2, 0.25) is 0 Å². The third-order valence-electron chi connectivity index (χ3n) is 5.38. The standard InChI is InChI=1S/C20H28N6O8S/c1-3-11-34-18(29)9-7-13(16(27)12-22-21)23-19(30)15-5-4-10-25-17(28)8-6-14(20(31)26(15)25)24-35(2,32)33/h3,12-15,24H,1,4-11H2,2H3,(H-,23,27,30)/p+1/b16-12-/t13-,14-,15-/m0/s1. The molecule has 14 nitrogen and oxygen atoms in total. The Hall–Kier alpha value is -3.51. The Labute approximate surface area is 202 Å². The molecule has 0 spiro atoms. The molecule has 0 aliphatic carbocycles. The molecular formula is C20H29N6O8S+. The average molecular weight is 514 g/mol. The molecule has 15 heteroatoms. The number of sulfonamides is 1. The van der Waals surface area contributed by atoms with Crippen molar-refractivity contribution in [1.29, 1.82) is 5.39 Å². The van der Waals surface area contributed by atoms with Crippen LogP contribution >= 0.6 is 0 Å². The zero-order valence-electron chi connectivity index (χ0n) is 19.3. The summed E-state index contributed by atoms with van der Waals surface area (Å²) in [5.41, 5.74) is 0. The van der Waals surface area contributed by atoms with E-state index in [2.05, 4.69) is 21.6 Å². The van der Waals surface area contributed by atoms with E-state index < -0.39 is 57.6 Å². The Balaban J connectivity index is 2.25. The van der Waals surface area contributed by atoms with Crippen LogP contribution in [0.15, 0.2) is 24.6 Å². The number of fused-ring (bicyclic) bond motifs is 1. The van der Waals surface area contributed by atoms with Crippen molar-refractivity contribution in [2.45, 2.75) is 56.7 Å². The lowest BCUT2D eigenvalue weighted by molar-refractivity contribution is -0.176. The maximum Gasteiger partial charge on any atom is 0.389 e. The van der Waals surface area contributed by atoms with Gasteiger partial charge in [0, 0.05) is 19.4 Å². The number of hydrazine groups is 1. The number of aliphatic hydroxyl groups excluding tert-OH is 1. The van der Waals surface area contributed by atoms with Gasteiger partial charge in [-0.2, -0.15) is 0 Å². The summed E-state index contributed by atoms with van der Waals surface area (Å²) in [5, 5.41) is 23.6. The molecule has 0 radical (unpaired) electrons. The fourth-order valence-electron chi connectivity index (χ4n) is 3.84. The minimum absolute atomic E-state index is 0.0185. The predicted molar refractivity (Wildman–Crippen MR) is 121 cm³/mol. The number of carbonyl (C=O) groups excluding carboxylic acids is 4. The average Bonchev–Trinajstić information content (AvgIpc) is 2.91. The first-order valence-corrected chi connectivity index (χ1v) is 12.8. The SMILES string of the molecule is C=CCOC(=O)CC[C@H](NC(=O)[C@@H]1CCCN2C(=O)CC[C@H](NS(C)(=O)=O)C(=O)N12)/C(O)=C/[N+]#N. The lowest BCUT2D eigenvalue weighted by Crippen LogP contribution is -2.64. The van der Waals surface area contributed by atoms with E-state index in [9.17, 15) is 32.7 Å². The molecule has 2 fully saturated rings. The molecular weight excluding hydrogens is 484 g/mol. The molecule has 2 saturated heterocycles. The van der Waals surface area contributed by atoms with E-state index >= 15 is 0 Å². The van der Waals surface area contributed by atoms with E-state index in [4.69, 9.17) is 10.1 Å². The molecule has 2 heterocycles. The summed E-state index contributed by atoms with van der Waals surface area (Å²) in [4.78, 5) is 53.6. The van der Waals surface area contributed by atoms with Crippen molar-refractivity contribution >= 4 is 33.7 Å². The number of rotatable bonds is 10. The van der Waals surface area contributed by atoms with Crippen molar-refractivity contribution in [3.05, 3.63) is 29.6 Å². The third-order valence-corrected chi connectivity index (χ3v) is 6.10. The van der Waals surface area contributed by atoms with Crippen molar-refractivity contribution in [1.82, 2.24) is 20.1 Å². The summed E-state index contributed by atoms with van der Waals surface area (Å²) in [5.74, 6) is -3.12. The van der Waals surface area contributed by atoms with Crippen LogP contribution in [0.1, 0.15) is 38.5 Å². The molecule has 35 heavy (non-hydrogen) atoms. The molecule has 192 valence electrons. The van der Waals surface area contributed by atoms with E-state index in [-0.39, 0.29) is 45.3 Å². The Morgan fingerprint density at radius 1 is 1.37 bits per heavy atom. The molecule has 0 saturated carbocycles. The highest BCUT2D eigenvalue weighted by Crippen LogP contribution is 2.25. The van der Waals surface area contributed by atoms with Crippen LogP contribution < -0.4 is 10.0 Å². The number of nitrogens with one attached hydrogen (secondary N) is 2. The Morgan fingerprint density at radius 3 is 2.71 bits per heavy atom. The van der Waals surface area contributed by atoms with Gasteiger partial charge in [0.25, 0.3) is 5.91 Å². The molecule has 0 aromatic carbocycles. The maximum atomic E-state index is 13.2. The maximum absolute atomic E-state index is 13.2. The number of hydrogen-bond acceptors (Lipinski definition) is 9. The van der Waals surface area contributed by atoms with Crippen molar-refractivity contribution in [3.8, 4) is 0 Å². The van der Waals surface area contributed by atoms with Crippen LogP contribution in [0.25, 0.3) is 4.98 Å². The number of ether oxygens (including phenoxy) is 1. The summed E-state index contributed by atoms with van der Waals surface area (Å²) in [6.07, 6.45) is 3.00. The van der Waals surface area contributed by atoms with Gasteiger partial charge in [-0.15, -0.1) is 0 Å². The molecule has 0 bridgehead atoms. The summed E-state index contributed by atoms with van der Waals surface area (Å²) in [6.45, 7) is 3.58. The quantitative estimate of drug-likeness (QED) is 0.152. The lowest BCUT2D eigenvalue weighted by Gasteiger charge is -2.43. The number of diazo groups is 1. The highest BCUT2D eigenvalue weighted by molar-refractivity contribution is 7.88. The Morgan fingerprint density at radius 2 is 2.09 bits per heavy atom. The van der Waals surface area contributed by atoms with E-state index in [1.54, 1.807) is 0 Å². The van der Waals surface area contributed by atoms with E-state index in [0.717, 1.165) is 16.3 Å². The zero-order chi connectivity index (χ0) is 26.2. The van der Waals surface area contributed by atoms with Crippen molar-refractivity contribution in [2.24, 2.45) is 0 Å². The minimum atomic E-state index is -3.78. The molecule has 2 aliphatic heterocycles. The van der Waals surface area contributed by atoms with Crippen molar-refractivity contribution in [2.75, 3.05) is 19.4 Å². The summed E-state index contributed by atoms with van der Waals surface area (Å²) >= 11 is 0. The smallest absolute Gasteiger partial charge is 0.389 e. The van der Waals surface area contributed by atoms with E-state index in [0.29, 0.717) is 12.6 Å². The normalized spacial score (nSPS) is 21.9. The third kappa shape index (κ3) is 7.76. The van der Waals surface area contributed by atoms with Crippen LogP contribution in [0.4, 0.5) is 0 Å². The second-order valence-corrected chi connectivity index (χ2v) is 9.86. The van der Waals surface area contributed by atoms with Crippen LogP contribution in [0.3, 0.4) is 0 Å². The lowest BCUT2D eigenvalue weighted by atomic mass is 10.0. The number of aliphatic hydroxyl groups is 1. The molecule has 2 rings (SSSR count). The summed E-state index contributed by atoms with van der Waals surface area (Å²) < 4.78 is 30.5. The van der Waals surface area contributed by atoms with Gasteiger partial charge in [-0.25, -0.2) is 18.1 Å². The van der Waals surface area contributed by atoms with Crippen molar-refractivity contribution in [3.63, 3.8) is 0 Å². The van der Waals surface area contributed by atoms with Gasteiger partial charge >= 0.3 is 12.2 Å². The number of amides is 3. The summed E-state index contributed by atoms with van der Waals surface area (Å²) in [6, 6.07) is -3.59. The van der Waals surface area contributed by atoms with Gasteiger partial charge in [-0.05, 0) is 25.7 Å². The van der Waals surface area contributed by atoms with Gasteiger partial charge in [0.2, 0.25) is 33.0 Å². The van der Waals surface area contributed by atoms with E-state index in [1.165, 1.54) is 6.08 Å². The predicted octanol–water partition coefficient (Wildman–Crippen LogP) is -0.321. The van der Waals surface area contributed by atoms with Crippen LogP contribution in [0, 0.1) is 5.39 Å². The highest BCUT2D eigenvalue weighted by atomic mass is 32.2. The number of esters is 1. The van der Waals surface area contributed by atoms with Gasteiger partial charge in [0.15, 0.2) is 4.98 Å². The molecule has 3 atom stereocenters. The highest BCUT2D eigenvalue weighted by Gasteiger charge is 2.45. The van der Waals surface area contributed by atoms with Gasteiger partial charge < -0.3 is 15.2 Å². The zero-order valence-corrected chi connectivity index (χ0v) is 20.1. The topological polar surface area (TPSA) is 191 Å². The molecule has 2 aliphatic rings. The van der Waals surface area contributed by atoms with Crippen molar-refractivity contribution < 1.29 is 37.4 Å². The first kappa shape index (κ1) is 27.7. The van der Waals surface area contributed by atoms with Crippen LogP contribution in [-0.2, 0) is 33.9 Å². The first-order chi connectivity index (χ1) is 16.5. The van der Waals surface area contributed by atoms with Gasteiger partial charge in [-0.3, -0.25) is 24.2 Å². The molecule has 3 N–H and O–H groups in total. The second kappa shape index (κ2) is 12.3. The minimum Gasteiger partial charge on any atom is -0.504 e. The number of carbonyl (C=O) groups is 4.